The first kappa shape index (κ1) is 21.2. The van der Waals surface area contributed by atoms with Gasteiger partial charge in [-0.05, 0) is 66.3 Å². The Morgan fingerprint density at radius 3 is 2.17 bits per heavy atom. The summed E-state index contributed by atoms with van der Waals surface area (Å²) in [5.41, 5.74) is 2.68. The summed E-state index contributed by atoms with van der Waals surface area (Å²) in [5, 5.41) is 8.98. The van der Waals surface area contributed by atoms with Crippen molar-refractivity contribution in [1.82, 2.24) is 5.32 Å². The van der Waals surface area contributed by atoms with Crippen LogP contribution in [0.25, 0.3) is 6.08 Å². The third kappa shape index (κ3) is 6.55. The largest absolute Gasteiger partial charge is 0.332 e. The van der Waals surface area contributed by atoms with E-state index in [4.69, 9.17) is 23.8 Å². The monoisotopic (exact) mass is 435 g/mol. The van der Waals surface area contributed by atoms with E-state index >= 15 is 0 Å². The minimum Gasteiger partial charge on any atom is -0.332 e. The minimum absolute atomic E-state index is 0.174. The van der Waals surface area contributed by atoms with Gasteiger partial charge in [-0.25, -0.2) is 0 Å². The highest BCUT2D eigenvalue weighted by Crippen LogP contribution is 2.16. The van der Waals surface area contributed by atoms with Gasteiger partial charge in [-0.15, -0.1) is 0 Å². The fourth-order valence-electron chi connectivity index (χ4n) is 2.52. The van der Waals surface area contributed by atoms with Crippen LogP contribution in [0.1, 0.15) is 15.9 Å². The number of amides is 2. The smallest absolute Gasteiger partial charge is 0.255 e. The molecule has 30 heavy (non-hydrogen) atoms. The highest BCUT2D eigenvalue weighted by atomic mass is 35.5. The van der Waals surface area contributed by atoms with Crippen LogP contribution >= 0.6 is 23.8 Å². The second kappa shape index (κ2) is 10.3. The van der Waals surface area contributed by atoms with E-state index in [1.807, 2.05) is 30.3 Å². The van der Waals surface area contributed by atoms with Gasteiger partial charge < -0.3 is 10.6 Å². The summed E-state index contributed by atoms with van der Waals surface area (Å²) in [6, 6.07) is 23.1. The Balaban J connectivity index is 1.51. The van der Waals surface area contributed by atoms with Gasteiger partial charge in [0.2, 0.25) is 5.91 Å². The summed E-state index contributed by atoms with van der Waals surface area (Å²) >= 11 is 11.1. The van der Waals surface area contributed by atoms with Gasteiger partial charge in [0.25, 0.3) is 5.91 Å². The molecule has 0 aliphatic carbocycles. The fourth-order valence-corrected chi connectivity index (χ4v) is 2.93. The standard InChI is InChI=1S/C23H18ClN3O2S/c24-18-8-4-7-17(15-18)22(29)25-19-10-12-20(13-11-19)26-23(30)27-21(28)14-9-16-5-2-1-3-6-16/h1-15H,(H,25,29)(H2,26,27,28,30)/b14-9+. The number of anilines is 2. The number of thiocarbonyl (C=S) groups is 1. The number of benzene rings is 3. The van der Waals surface area contributed by atoms with E-state index in [9.17, 15) is 9.59 Å². The molecule has 3 N–H and O–H groups in total. The van der Waals surface area contributed by atoms with E-state index in [1.54, 1.807) is 54.6 Å². The molecule has 0 heterocycles. The van der Waals surface area contributed by atoms with Crippen LogP contribution in [-0.2, 0) is 4.79 Å². The van der Waals surface area contributed by atoms with Crippen LogP contribution in [0.3, 0.4) is 0 Å². The van der Waals surface area contributed by atoms with Gasteiger partial charge in [-0.1, -0.05) is 48.0 Å². The molecule has 0 unspecified atom stereocenters. The number of rotatable bonds is 5. The predicted octanol–water partition coefficient (Wildman–Crippen LogP) is 5.12. The first-order valence-electron chi connectivity index (χ1n) is 9.02. The molecule has 0 saturated heterocycles. The molecule has 0 aromatic heterocycles. The Hall–Kier alpha value is -3.48. The molecule has 7 heteroatoms. The Kier molecular flexibility index (Phi) is 7.32. The van der Waals surface area contributed by atoms with Crippen molar-refractivity contribution in [2.45, 2.75) is 0 Å². The Labute approximate surface area is 184 Å². The Bertz CT molecular complexity index is 1080. The number of hydrogen-bond donors (Lipinski definition) is 3. The summed E-state index contributed by atoms with van der Waals surface area (Å²) in [7, 11) is 0. The fraction of sp³-hybridized carbons (Fsp3) is 0. The zero-order valence-electron chi connectivity index (χ0n) is 15.8. The van der Waals surface area contributed by atoms with Gasteiger partial charge >= 0.3 is 0 Å². The first-order valence-corrected chi connectivity index (χ1v) is 9.80. The van der Waals surface area contributed by atoms with E-state index in [-0.39, 0.29) is 16.9 Å². The van der Waals surface area contributed by atoms with Gasteiger partial charge in [0.1, 0.15) is 0 Å². The van der Waals surface area contributed by atoms with Crippen molar-refractivity contribution < 1.29 is 9.59 Å². The van der Waals surface area contributed by atoms with Crippen molar-refractivity contribution in [3.8, 4) is 0 Å². The molecule has 0 spiro atoms. The highest BCUT2D eigenvalue weighted by Gasteiger charge is 2.07. The van der Waals surface area contributed by atoms with Crippen molar-refractivity contribution in [2.75, 3.05) is 10.6 Å². The van der Waals surface area contributed by atoms with E-state index in [1.165, 1.54) is 6.08 Å². The molecule has 3 rings (SSSR count). The van der Waals surface area contributed by atoms with Gasteiger partial charge in [-0.2, -0.15) is 0 Å². The van der Waals surface area contributed by atoms with Gasteiger partial charge in [-0.3, -0.25) is 14.9 Å². The quantitative estimate of drug-likeness (QED) is 0.384. The maximum atomic E-state index is 12.3. The second-order valence-corrected chi connectivity index (χ2v) is 7.07. The summed E-state index contributed by atoms with van der Waals surface area (Å²) in [6.07, 6.45) is 3.12. The van der Waals surface area contributed by atoms with Crippen LogP contribution in [-0.4, -0.2) is 16.9 Å². The second-order valence-electron chi connectivity index (χ2n) is 6.23. The van der Waals surface area contributed by atoms with Crippen LogP contribution in [0.5, 0.6) is 0 Å². The number of nitrogens with one attached hydrogen (secondary N) is 3. The average Bonchev–Trinajstić information content (AvgIpc) is 2.74. The van der Waals surface area contributed by atoms with Crippen molar-refractivity contribution in [1.29, 1.82) is 0 Å². The van der Waals surface area contributed by atoms with Crippen LogP contribution in [0.4, 0.5) is 11.4 Å². The van der Waals surface area contributed by atoms with Crippen LogP contribution in [0, 0.1) is 0 Å². The molecule has 3 aromatic rings. The SMILES string of the molecule is O=C(/C=C/c1ccccc1)NC(=S)Nc1ccc(NC(=O)c2cccc(Cl)c2)cc1. The lowest BCUT2D eigenvalue weighted by Gasteiger charge is -2.10. The zero-order chi connectivity index (χ0) is 21.3. The molecule has 0 aliphatic rings. The molecule has 0 fully saturated rings. The molecule has 0 bridgehead atoms. The Morgan fingerprint density at radius 1 is 0.833 bits per heavy atom. The third-order valence-corrected chi connectivity index (χ3v) is 4.39. The van der Waals surface area contributed by atoms with E-state index in [0.717, 1.165) is 5.56 Å². The van der Waals surface area contributed by atoms with Crippen molar-refractivity contribution in [3.05, 3.63) is 101 Å². The summed E-state index contributed by atoms with van der Waals surface area (Å²) in [4.78, 5) is 24.2. The van der Waals surface area contributed by atoms with Gasteiger partial charge in [0, 0.05) is 28.0 Å². The topological polar surface area (TPSA) is 70.2 Å². The molecular weight excluding hydrogens is 418 g/mol. The molecule has 0 saturated carbocycles. The lowest BCUT2D eigenvalue weighted by molar-refractivity contribution is -0.115. The lowest BCUT2D eigenvalue weighted by Crippen LogP contribution is -2.32. The summed E-state index contributed by atoms with van der Waals surface area (Å²) in [6.45, 7) is 0. The normalized spacial score (nSPS) is 10.4. The van der Waals surface area contributed by atoms with Crippen molar-refractivity contribution in [3.63, 3.8) is 0 Å². The van der Waals surface area contributed by atoms with E-state index in [2.05, 4.69) is 16.0 Å². The first-order chi connectivity index (χ1) is 14.5. The average molecular weight is 436 g/mol. The molecule has 0 radical (unpaired) electrons. The maximum Gasteiger partial charge on any atom is 0.255 e. The highest BCUT2D eigenvalue weighted by molar-refractivity contribution is 7.80. The van der Waals surface area contributed by atoms with Gasteiger partial charge in [0.05, 0.1) is 0 Å². The molecule has 2 amide bonds. The number of hydrogen-bond acceptors (Lipinski definition) is 3. The van der Waals surface area contributed by atoms with Crippen LogP contribution in [0.15, 0.2) is 84.9 Å². The van der Waals surface area contributed by atoms with E-state index < -0.39 is 0 Å². The number of halogens is 1. The summed E-state index contributed by atoms with van der Waals surface area (Å²) in [5.74, 6) is -0.590. The zero-order valence-corrected chi connectivity index (χ0v) is 17.3. The maximum absolute atomic E-state index is 12.3. The van der Waals surface area contributed by atoms with E-state index in [0.29, 0.717) is 22.0 Å². The molecule has 5 nitrogen and oxygen atoms in total. The van der Waals surface area contributed by atoms with Gasteiger partial charge in [0.15, 0.2) is 5.11 Å². The molecule has 150 valence electrons. The number of carbonyl (C=O) groups excluding carboxylic acids is 2. The number of carbonyl (C=O) groups is 2. The molecule has 3 aromatic carbocycles. The predicted molar refractivity (Wildman–Crippen MR) is 126 cm³/mol. The molecular formula is C23H18ClN3O2S. The Morgan fingerprint density at radius 2 is 1.50 bits per heavy atom. The lowest BCUT2D eigenvalue weighted by atomic mass is 10.2. The molecule has 0 atom stereocenters. The summed E-state index contributed by atoms with van der Waals surface area (Å²) < 4.78 is 0. The van der Waals surface area contributed by atoms with Crippen LogP contribution < -0.4 is 16.0 Å². The van der Waals surface area contributed by atoms with Crippen molar-refractivity contribution >= 4 is 58.2 Å². The van der Waals surface area contributed by atoms with Crippen LogP contribution in [0.2, 0.25) is 5.02 Å². The molecule has 0 aliphatic heterocycles. The minimum atomic E-state index is -0.332. The van der Waals surface area contributed by atoms with Crippen molar-refractivity contribution in [2.24, 2.45) is 0 Å². The third-order valence-electron chi connectivity index (χ3n) is 3.95.